The molecule has 0 fully saturated rings. The minimum Gasteiger partial charge on any atom is -0.482 e. The first-order chi connectivity index (χ1) is 10.6. The lowest BCUT2D eigenvalue weighted by molar-refractivity contribution is -0.139. The van der Waals surface area contributed by atoms with E-state index in [0.29, 0.717) is 11.3 Å². The Kier molecular flexibility index (Phi) is 6.12. The molecule has 126 valence electrons. The Labute approximate surface area is 134 Å². The molecule has 1 amide bonds. The van der Waals surface area contributed by atoms with Crippen LogP contribution in [-0.2, 0) is 9.53 Å². The lowest BCUT2D eigenvalue weighted by atomic mass is 10.1. The zero-order valence-corrected chi connectivity index (χ0v) is 13.6. The second-order valence-electron chi connectivity index (χ2n) is 5.94. The number of benzene rings is 1. The lowest BCUT2D eigenvalue weighted by Crippen LogP contribution is -2.41. The minimum absolute atomic E-state index is 0.291. The summed E-state index contributed by atoms with van der Waals surface area (Å²) in [6.07, 6.45) is -0.667. The van der Waals surface area contributed by atoms with Crippen molar-refractivity contribution in [3.05, 3.63) is 29.8 Å². The molecule has 0 aliphatic carbocycles. The first-order valence-electron chi connectivity index (χ1n) is 7.07. The van der Waals surface area contributed by atoms with Gasteiger partial charge < -0.3 is 19.9 Å². The fraction of sp³-hybridized carbons (Fsp3) is 0.438. The molecule has 1 aromatic rings. The summed E-state index contributed by atoms with van der Waals surface area (Å²) in [5, 5.41) is 11.0. The minimum atomic E-state index is -1.08. The standard InChI is InChI=1S/C16H21NO6/c1-10(17-15(21)23-16(2,3)4)14(20)11-5-7-12(8-6-11)22-9-13(18)19/h5-8,10H,9H2,1-4H3,(H,17,21)(H,18,19). The van der Waals surface area contributed by atoms with E-state index in [1.165, 1.54) is 24.3 Å². The van der Waals surface area contributed by atoms with E-state index < -0.39 is 30.3 Å². The average Bonchev–Trinajstić information content (AvgIpc) is 2.42. The number of rotatable bonds is 6. The highest BCUT2D eigenvalue weighted by atomic mass is 16.6. The maximum atomic E-state index is 12.2. The Bertz CT molecular complexity index is 573. The van der Waals surface area contributed by atoms with Crippen LogP contribution in [0.15, 0.2) is 24.3 Å². The molecule has 0 spiro atoms. The van der Waals surface area contributed by atoms with Gasteiger partial charge in [0.15, 0.2) is 12.4 Å². The molecule has 0 saturated carbocycles. The number of carbonyl (C=O) groups is 3. The zero-order chi connectivity index (χ0) is 17.6. The predicted molar refractivity (Wildman–Crippen MR) is 82.7 cm³/mol. The topological polar surface area (TPSA) is 102 Å². The predicted octanol–water partition coefficient (Wildman–Crippen LogP) is 2.25. The maximum absolute atomic E-state index is 12.2. The second-order valence-corrected chi connectivity index (χ2v) is 5.94. The molecule has 2 N–H and O–H groups in total. The summed E-state index contributed by atoms with van der Waals surface area (Å²) < 4.78 is 10.1. The van der Waals surface area contributed by atoms with Gasteiger partial charge in [0.2, 0.25) is 0 Å². The summed E-state index contributed by atoms with van der Waals surface area (Å²) in [5.41, 5.74) is -0.271. The molecule has 0 radical (unpaired) electrons. The Balaban J connectivity index is 2.62. The first-order valence-corrected chi connectivity index (χ1v) is 7.07. The van der Waals surface area contributed by atoms with Gasteiger partial charge in [-0.25, -0.2) is 9.59 Å². The van der Waals surface area contributed by atoms with Crippen LogP contribution < -0.4 is 10.1 Å². The van der Waals surface area contributed by atoms with Gasteiger partial charge in [-0.15, -0.1) is 0 Å². The Hall–Kier alpha value is -2.57. The zero-order valence-electron chi connectivity index (χ0n) is 13.6. The van der Waals surface area contributed by atoms with Gasteiger partial charge in [-0.2, -0.15) is 0 Å². The normalized spacial score (nSPS) is 12.2. The number of carboxylic acid groups (broad SMARTS) is 1. The van der Waals surface area contributed by atoms with Gasteiger partial charge in [0.25, 0.3) is 0 Å². The van der Waals surface area contributed by atoms with Gasteiger partial charge in [-0.3, -0.25) is 4.79 Å². The number of carbonyl (C=O) groups excluding carboxylic acids is 2. The van der Waals surface area contributed by atoms with Crippen LogP contribution >= 0.6 is 0 Å². The number of hydrogen-bond donors (Lipinski definition) is 2. The lowest BCUT2D eigenvalue weighted by Gasteiger charge is -2.21. The molecule has 23 heavy (non-hydrogen) atoms. The van der Waals surface area contributed by atoms with E-state index in [9.17, 15) is 14.4 Å². The van der Waals surface area contributed by atoms with Crippen LogP contribution in [0.5, 0.6) is 5.75 Å². The van der Waals surface area contributed by atoms with Gasteiger partial charge >= 0.3 is 12.1 Å². The van der Waals surface area contributed by atoms with Crippen LogP contribution in [0.4, 0.5) is 4.79 Å². The van der Waals surface area contributed by atoms with E-state index in [1.54, 1.807) is 27.7 Å². The van der Waals surface area contributed by atoms with Crippen molar-refractivity contribution in [1.82, 2.24) is 5.32 Å². The number of hydrogen-bond acceptors (Lipinski definition) is 5. The summed E-state index contributed by atoms with van der Waals surface area (Å²) in [6.45, 7) is 6.30. The van der Waals surface area contributed by atoms with Crippen molar-refractivity contribution in [2.75, 3.05) is 6.61 Å². The van der Waals surface area contributed by atoms with E-state index in [-0.39, 0.29) is 5.78 Å². The van der Waals surface area contributed by atoms with Crippen LogP contribution in [0.2, 0.25) is 0 Å². The molecule has 1 atom stereocenters. The first kappa shape index (κ1) is 18.5. The molecular weight excluding hydrogens is 302 g/mol. The summed E-state index contributed by atoms with van der Waals surface area (Å²) in [6, 6.07) is 5.25. The molecular formula is C16H21NO6. The molecule has 0 aliphatic rings. The Morgan fingerprint density at radius 1 is 1.17 bits per heavy atom. The number of aliphatic carboxylic acids is 1. The molecule has 0 saturated heterocycles. The van der Waals surface area contributed by atoms with Crippen LogP contribution in [0, 0.1) is 0 Å². The van der Waals surface area contributed by atoms with E-state index >= 15 is 0 Å². The monoisotopic (exact) mass is 323 g/mol. The fourth-order valence-electron chi connectivity index (χ4n) is 1.66. The average molecular weight is 323 g/mol. The Morgan fingerprint density at radius 2 is 1.74 bits per heavy atom. The number of nitrogens with one attached hydrogen (secondary N) is 1. The molecule has 1 aromatic carbocycles. The molecule has 0 aromatic heterocycles. The van der Waals surface area contributed by atoms with Crippen molar-refractivity contribution >= 4 is 17.8 Å². The molecule has 0 heterocycles. The summed E-state index contributed by atoms with van der Waals surface area (Å²) in [7, 11) is 0. The fourth-order valence-corrected chi connectivity index (χ4v) is 1.66. The van der Waals surface area contributed by atoms with E-state index in [4.69, 9.17) is 14.6 Å². The number of alkyl carbamates (subject to hydrolysis) is 1. The van der Waals surface area contributed by atoms with Crippen molar-refractivity contribution in [2.24, 2.45) is 0 Å². The van der Waals surface area contributed by atoms with E-state index in [2.05, 4.69) is 5.32 Å². The smallest absolute Gasteiger partial charge is 0.408 e. The van der Waals surface area contributed by atoms with Crippen molar-refractivity contribution in [2.45, 2.75) is 39.3 Å². The highest BCUT2D eigenvalue weighted by Gasteiger charge is 2.21. The number of Topliss-reactive ketones (excluding diaryl/α,β-unsaturated/α-hetero) is 1. The third-order valence-corrected chi connectivity index (χ3v) is 2.63. The molecule has 7 nitrogen and oxygen atoms in total. The van der Waals surface area contributed by atoms with Gasteiger partial charge in [-0.05, 0) is 52.0 Å². The number of ether oxygens (including phenoxy) is 2. The third kappa shape index (κ3) is 6.82. The quantitative estimate of drug-likeness (QED) is 0.779. The number of carboxylic acids is 1. The second kappa shape index (κ2) is 7.62. The molecule has 1 unspecified atom stereocenters. The third-order valence-electron chi connectivity index (χ3n) is 2.63. The molecule has 7 heteroatoms. The van der Waals surface area contributed by atoms with Crippen LogP contribution in [0.1, 0.15) is 38.1 Å². The van der Waals surface area contributed by atoms with Crippen LogP contribution in [0.25, 0.3) is 0 Å². The van der Waals surface area contributed by atoms with Gasteiger partial charge in [0.05, 0.1) is 6.04 Å². The highest BCUT2D eigenvalue weighted by Crippen LogP contribution is 2.14. The Morgan fingerprint density at radius 3 is 2.22 bits per heavy atom. The number of amides is 1. The SMILES string of the molecule is CC(NC(=O)OC(C)(C)C)C(=O)c1ccc(OCC(=O)O)cc1. The summed E-state index contributed by atoms with van der Waals surface area (Å²) >= 11 is 0. The van der Waals surface area contributed by atoms with Crippen molar-refractivity contribution in [1.29, 1.82) is 0 Å². The van der Waals surface area contributed by atoms with Crippen molar-refractivity contribution in [3.8, 4) is 5.75 Å². The molecule has 0 bridgehead atoms. The molecule has 1 rings (SSSR count). The van der Waals surface area contributed by atoms with Crippen molar-refractivity contribution in [3.63, 3.8) is 0 Å². The van der Waals surface area contributed by atoms with Crippen LogP contribution in [-0.4, -0.2) is 41.2 Å². The number of ketones is 1. The largest absolute Gasteiger partial charge is 0.482 e. The summed E-state index contributed by atoms with van der Waals surface area (Å²) in [5.74, 6) is -1.03. The van der Waals surface area contributed by atoms with Crippen LogP contribution in [0.3, 0.4) is 0 Å². The van der Waals surface area contributed by atoms with E-state index in [1.807, 2.05) is 0 Å². The van der Waals surface area contributed by atoms with Crippen molar-refractivity contribution < 1.29 is 29.0 Å². The summed E-state index contributed by atoms with van der Waals surface area (Å²) in [4.78, 5) is 34.3. The van der Waals surface area contributed by atoms with Gasteiger partial charge in [0, 0.05) is 5.56 Å². The maximum Gasteiger partial charge on any atom is 0.408 e. The van der Waals surface area contributed by atoms with E-state index in [0.717, 1.165) is 0 Å². The molecule has 0 aliphatic heterocycles. The van der Waals surface area contributed by atoms with Gasteiger partial charge in [-0.1, -0.05) is 0 Å². The van der Waals surface area contributed by atoms with Gasteiger partial charge in [0.1, 0.15) is 11.4 Å². The highest BCUT2D eigenvalue weighted by molar-refractivity contribution is 6.01.